The fourth-order valence-electron chi connectivity index (χ4n) is 9.21. The first-order valence-corrected chi connectivity index (χ1v) is 18.7. The first-order valence-electron chi connectivity index (χ1n) is 18.7. The molecule has 0 bridgehead atoms. The van der Waals surface area contributed by atoms with Crippen molar-refractivity contribution in [2.75, 3.05) is 0 Å². The number of hydrogen-bond donors (Lipinski definition) is 0. The van der Waals surface area contributed by atoms with Gasteiger partial charge in [0, 0.05) is 32.5 Å². The van der Waals surface area contributed by atoms with Gasteiger partial charge < -0.3 is 0 Å². The van der Waals surface area contributed by atoms with Gasteiger partial charge in [0.15, 0.2) is 11.6 Å². The Morgan fingerprint density at radius 3 is 1.76 bits per heavy atom. The van der Waals surface area contributed by atoms with E-state index in [2.05, 4.69) is 138 Å². The lowest BCUT2D eigenvalue weighted by Crippen LogP contribution is -2.15. The summed E-state index contributed by atoms with van der Waals surface area (Å²) >= 11 is 0. The van der Waals surface area contributed by atoms with Crippen molar-refractivity contribution in [3.63, 3.8) is 0 Å². The van der Waals surface area contributed by atoms with Crippen molar-refractivity contribution in [2.24, 2.45) is 0 Å². The highest BCUT2D eigenvalue weighted by atomic mass is 15.1. The van der Waals surface area contributed by atoms with Crippen LogP contribution in [0.25, 0.3) is 99.7 Å². The molecule has 6 heteroatoms. The topological polar surface area (TPSA) is 61.4 Å². The monoisotopic (exact) mass is 704 g/mol. The van der Waals surface area contributed by atoms with Crippen LogP contribution in [0, 0.1) is 0 Å². The molecular formula is C49H32N6. The molecular weight excluding hydrogens is 673 g/mol. The standard InChI is InChI=1S/C49H32N6/c1-49(2)36-16-6-3-13-30(36)31-24-23-29(27-37(31)49)45-48(53-41-20-10-9-19-40(41)52-45)55-43-22-12-5-15-33(43)35-26-25-34-32-14-4-11-21-42(32)54(46(34)47(35)55)44-28-50-38-17-7-8-18-39(38)51-44/h3-28H,1-2H3. The van der Waals surface area contributed by atoms with E-state index in [9.17, 15) is 0 Å². The molecule has 55 heavy (non-hydrogen) atoms. The van der Waals surface area contributed by atoms with E-state index in [1.165, 1.54) is 22.3 Å². The molecule has 0 atom stereocenters. The van der Waals surface area contributed by atoms with Crippen LogP contribution in [0.4, 0.5) is 0 Å². The highest BCUT2D eigenvalue weighted by Crippen LogP contribution is 2.50. The quantitative estimate of drug-likeness (QED) is 0.184. The van der Waals surface area contributed by atoms with Crippen molar-refractivity contribution in [3.05, 3.63) is 169 Å². The van der Waals surface area contributed by atoms with Gasteiger partial charge in [0.05, 0.1) is 50.3 Å². The lowest BCUT2D eigenvalue weighted by molar-refractivity contribution is 0.660. The Bertz CT molecular complexity index is 3420. The van der Waals surface area contributed by atoms with E-state index in [0.717, 1.165) is 88.6 Å². The summed E-state index contributed by atoms with van der Waals surface area (Å²) in [7, 11) is 0. The van der Waals surface area contributed by atoms with Crippen LogP contribution in [0.5, 0.6) is 0 Å². The summed E-state index contributed by atoms with van der Waals surface area (Å²) < 4.78 is 4.63. The van der Waals surface area contributed by atoms with Crippen molar-refractivity contribution in [1.29, 1.82) is 0 Å². The fourth-order valence-corrected chi connectivity index (χ4v) is 9.21. The molecule has 0 amide bonds. The van der Waals surface area contributed by atoms with Crippen LogP contribution in [0.3, 0.4) is 0 Å². The number of hydrogen-bond acceptors (Lipinski definition) is 4. The lowest BCUT2D eigenvalue weighted by atomic mass is 9.82. The van der Waals surface area contributed by atoms with Gasteiger partial charge in [-0.3, -0.25) is 14.1 Å². The Labute approximate surface area is 316 Å². The summed E-state index contributed by atoms with van der Waals surface area (Å²) in [5.74, 6) is 1.55. The smallest absolute Gasteiger partial charge is 0.165 e. The second kappa shape index (κ2) is 10.9. The fraction of sp³-hybridized carbons (Fsp3) is 0.0612. The largest absolute Gasteiger partial charge is 0.290 e. The van der Waals surface area contributed by atoms with Crippen LogP contribution in [-0.2, 0) is 5.41 Å². The van der Waals surface area contributed by atoms with Crippen molar-refractivity contribution in [1.82, 2.24) is 29.1 Å². The zero-order valence-electron chi connectivity index (χ0n) is 30.2. The van der Waals surface area contributed by atoms with E-state index < -0.39 is 0 Å². The van der Waals surface area contributed by atoms with E-state index >= 15 is 0 Å². The summed E-state index contributed by atoms with van der Waals surface area (Å²) in [6.45, 7) is 4.65. The van der Waals surface area contributed by atoms with Gasteiger partial charge in [0.25, 0.3) is 0 Å². The maximum atomic E-state index is 5.53. The molecule has 12 rings (SSSR count). The van der Waals surface area contributed by atoms with Crippen molar-refractivity contribution in [2.45, 2.75) is 19.3 Å². The zero-order chi connectivity index (χ0) is 36.4. The highest BCUT2D eigenvalue weighted by molar-refractivity contribution is 6.24. The van der Waals surface area contributed by atoms with Gasteiger partial charge in [0.2, 0.25) is 0 Å². The van der Waals surface area contributed by atoms with Crippen molar-refractivity contribution in [3.8, 4) is 34.0 Å². The number of para-hydroxylation sites is 6. The van der Waals surface area contributed by atoms with Gasteiger partial charge in [-0.2, -0.15) is 0 Å². The highest BCUT2D eigenvalue weighted by Gasteiger charge is 2.36. The molecule has 4 heterocycles. The lowest BCUT2D eigenvalue weighted by Gasteiger charge is -2.22. The number of benzene rings is 7. The molecule has 0 radical (unpaired) electrons. The van der Waals surface area contributed by atoms with Gasteiger partial charge in [-0.15, -0.1) is 0 Å². The molecule has 1 aliphatic rings. The third kappa shape index (κ3) is 4.13. The van der Waals surface area contributed by atoms with E-state index in [0.29, 0.717) is 0 Å². The van der Waals surface area contributed by atoms with Gasteiger partial charge in [0.1, 0.15) is 5.69 Å². The summed E-state index contributed by atoms with van der Waals surface area (Å²) in [4.78, 5) is 21.1. The summed E-state index contributed by atoms with van der Waals surface area (Å²) in [5, 5.41) is 4.56. The Hall–Kier alpha value is -7.18. The molecule has 258 valence electrons. The van der Waals surface area contributed by atoms with Crippen LogP contribution >= 0.6 is 0 Å². The predicted octanol–water partition coefficient (Wildman–Crippen LogP) is 11.7. The van der Waals surface area contributed by atoms with Gasteiger partial charge in [-0.1, -0.05) is 123 Å². The Kier molecular flexibility index (Phi) is 6.02. The molecule has 0 aliphatic heterocycles. The maximum absolute atomic E-state index is 5.53. The molecule has 0 spiro atoms. The van der Waals surface area contributed by atoms with Crippen LogP contribution in [0.1, 0.15) is 25.0 Å². The second-order valence-electron chi connectivity index (χ2n) is 15.1. The minimum atomic E-state index is -0.160. The zero-order valence-corrected chi connectivity index (χ0v) is 30.2. The van der Waals surface area contributed by atoms with Crippen LogP contribution in [0.15, 0.2) is 158 Å². The van der Waals surface area contributed by atoms with Crippen LogP contribution in [0.2, 0.25) is 0 Å². The molecule has 1 aliphatic carbocycles. The van der Waals surface area contributed by atoms with E-state index in [1.54, 1.807) is 0 Å². The second-order valence-corrected chi connectivity index (χ2v) is 15.1. The van der Waals surface area contributed by atoms with Crippen LogP contribution in [-0.4, -0.2) is 29.1 Å². The molecule has 11 aromatic rings. The number of nitrogens with zero attached hydrogens (tertiary/aromatic N) is 6. The molecule has 0 N–H and O–H groups in total. The normalized spacial score (nSPS) is 13.4. The molecule has 0 fully saturated rings. The Morgan fingerprint density at radius 1 is 0.455 bits per heavy atom. The van der Waals surface area contributed by atoms with Crippen molar-refractivity contribution < 1.29 is 0 Å². The third-order valence-corrected chi connectivity index (χ3v) is 11.8. The number of rotatable bonds is 3. The van der Waals surface area contributed by atoms with E-state index in [4.69, 9.17) is 19.9 Å². The first kappa shape index (κ1) is 30.3. The minimum Gasteiger partial charge on any atom is -0.290 e. The molecule has 0 unspecified atom stereocenters. The molecule has 0 saturated heterocycles. The van der Waals surface area contributed by atoms with E-state index in [1.807, 2.05) is 42.6 Å². The van der Waals surface area contributed by atoms with Gasteiger partial charge in [-0.25, -0.2) is 15.0 Å². The third-order valence-electron chi connectivity index (χ3n) is 11.8. The summed E-state index contributed by atoms with van der Waals surface area (Å²) in [6.07, 6.45) is 1.89. The molecule has 4 aromatic heterocycles. The average molecular weight is 705 g/mol. The SMILES string of the molecule is CC1(C)c2ccccc2-c2ccc(-c3nc4ccccc4nc3-n3c4ccccc4c4ccc5c6ccccc6n(-c6cnc7ccccc7n6)c5c43)cc21. The summed E-state index contributed by atoms with van der Waals surface area (Å²) in [6, 6.07) is 53.6. The predicted molar refractivity (Wildman–Crippen MR) is 224 cm³/mol. The number of aromatic nitrogens is 6. The van der Waals surface area contributed by atoms with Crippen LogP contribution < -0.4 is 0 Å². The average Bonchev–Trinajstić information content (AvgIpc) is 3.83. The Balaban J connectivity index is 1.23. The Morgan fingerprint density at radius 2 is 1.02 bits per heavy atom. The van der Waals surface area contributed by atoms with Gasteiger partial charge >= 0.3 is 0 Å². The maximum Gasteiger partial charge on any atom is 0.165 e. The molecule has 6 nitrogen and oxygen atoms in total. The van der Waals surface area contributed by atoms with Gasteiger partial charge in [-0.05, 0) is 64.7 Å². The molecule has 0 saturated carbocycles. The first-order chi connectivity index (χ1) is 27.0. The van der Waals surface area contributed by atoms with Crippen molar-refractivity contribution >= 4 is 65.7 Å². The molecule has 7 aromatic carbocycles. The minimum absolute atomic E-state index is 0.160. The van der Waals surface area contributed by atoms with E-state index in [-0.39, 0.29) is 5.41 Å². The summed E-state index contributed by atoms with van der Waals surface area (Å²) in [5.41, 5.74) is 14.6. The number of fused-ring (bicyclic) bond motifs is 12.